The molecule has 3 aromatic heterocycles. The summed E-state index contributed by atoms with van der Waals surface area (Å²) in [5.41, 5.74) is 2.82. The maximum atomic E-state index is 10.4. The lowest BCUT2D eigenvalue weighted by atomic mass is 10.0. The van der Waals surface area contributed by atoms with Gasteiger partial charge in [0.05, 0.1) is 29.7 Å². The maximum Gasteiger partial charge on any atom is 0.229 e. The summed E-state index contributed by atoms with van der Waals surface area (Å²) in [6.07, 6.45) is 5.85. The summed E-state index contributed by atoms with van der Waals surface area (Å²) in [4.78, 5) is 18.7. The first-order chi connectivity index (χ1) is 19.6. The summed E-state index contributed by atoms with van der Waals surface area (Å²) in [5, 5.41) is 21.6. The number of nitrogens with one attached hydrogen (secondary N) is 2. The van der Waals surface area contributed by atoms with Gasteiger partial charge in [0, 0.05) is 50.3 Å². The molecule has 4 heterocycles. The summed E-state index contributed by atoms with van der Waals surface area (Å²) in [7, 11) is 7.86. The number of rotatable bonds is 9. The lowest BCUT2D eigenvalue weighted by Crippen LogP contribution is -2.42. The zero-order valence-electron chi connectivity index (χ0n) is 24.6. The van der Waals surface area contributed by atoms with Gasteiger partial charge in [-0.3, -0.25) is 4.68 Å². The van der Waals surface area contributed by atoms with Crippen LogP contribution >= 0.6 is 0 Å². The highest BCUT2D eigenvalue weighted by Crippen LogP contribution is 2.35. The first-order valence-electron chi connectivity index (χ1n) is 13.8. The molecular weight excluding hydrogens is 518 g/mol. The van der Waals surface area contributed by atoms with Crippen LogP contribution in [-0.2, 0) is 12.6 Å². The van der Waals surface area contributed by atoms with Gasteiger partial charge in [-0.25, -0.2) is 9.97 Å². The molecule has 216 valence electrons. The van der Waals surface area contributed by atoms with E-state index in [1.165, 1.54) is 0 Å². The molecule has 0 spiro atoms. The molecule has 1 saturated heterocycles. The van der Waals surface area contributed by atoms with E-state index in [-0.39, 0.29) is 0 Å². The van der Waals surface area contributed by atoms with Crippen LogP contribution in [0.1, 0.15) is 32.4 Å². The molecular formula is C30H39N9O2. The Bertz CT molecular complexity index is 1490. The number of benzene rings is 1. The molecule has 11 heteroatoms. The third-order valence-electron chi connectivity index (χ3n) is 7.37. The lowest BCUT2D eigenvalue weighted by molar-refractivity contribution is 0.0740. The minimum absolute atomic E-state index is 0.410. The quantitative estimate of drug-likeness (QED) is 0.271. The minimum Gasteiger partial charge on any atom is -0.495 e. The van der Waals surface area contributed by atoms with Crippen LogP contribution in [0.2, 0.25) is 0 Å². The van der Waals surface area contributed by atoms with Gasteiger partial charge in [-0.2, -0.15) is 10.1 Å². The third kappa shape index (κ3) is 6.58. The summed E-state index contributed by atoms with van der Waals surface area (Å²) >= 11 is 0. The number of ether oxygens (including phenoxy) is 1. The predicted molar refractivity (Wildman–Crippen MR) is 162 cm³/mol. The fraction of sp³-hybridized carbons (Fsp3) is 0.400. The van der Waals surface area contributed by atoms with E-state index in [1.54, 1.807) is 37.9 Å². The Morgan fingerprint density at radius 3 is 2.49 bits per heavy atom. The van der Waals surface area contributed by atoms with Crippen molar-refractivity contribution in [2.45, 2.75) is 38.3 Å². The van der Waals surface area contributed by atoms with Crippen LogP contribution in [0.25, 0.3) is 11.3 Å². The van der Waals surface area contributed by atoms with Gasteiger partial charge in [0.2, 0.25) is 5.95 Å². The Hall–Kier alpha value is -4.22. The van der Waals surface area contributed by atoms with E-state index in [0.717, 1.165) is 54.3 Å². The SMILES string of the molecule is COc1cc(Nc2ncc(-c3ccn(C)n3)c(Nc3cccc(C(C)(C)O)n3)n2)ccc1N1CCC(N(C)C)CC1. The van der Waals surface area contributed by atoms with Gasteiger partial charge in [-0.1, -0.05) is 6.07 Å². The molecule has 1 aliphatic rings. The predicted octanol–water partition coefficient (Wildman–Crippen LogP) is 4.53. The van der Waals surface area contributed by atoms with E-state index in [9.17, 15) is 5.11 Å². The molecule has 5 rings (SSSR count). The van der Waals surface area contributed by atoms with Crippen LogP contribution in [0, 0.1) is 0 Å². The van der Waals surface area contributed by atoms with Gasteiger partial charge in [0.1, 0.15) is 23.0 Å². The fourth-order valence-electron chi connectivity index (χ4n) is 5.02. The molecule has 1 aromatic carbocycles. The molecule has 3 N–H and O–H groups in total. The van der Waals surface area contributed by atoms with Crippen molar-refractivity contribution >= 4 is 29.0 Å². The van der Waals surface area contributed by atoms with Gasteiger partial charge in [-0.15, -0.1) is 0 Å². The van der Waals surface area contributed by atoms with Crippen molar-refractivity contribution in [3.63, 3.8) is 0 Å². The standard InChI is InChI=1S/C30H39N9O2/c1-30(2,40)26-8-7-9-27(33-26)34-28-22(23-14-15-38(5)36-23)19-31-29(35-28)32-20-10-11-24(25(18-20)41-6)39-16-12-21(13-17-39)37(3)4/h7-11,14-15,18-19,21,40H,12-13,16-17H2,1-6H3,(H2,31,32,33,34,35). The number of aliphatic hydroxyl groups is 1. The molecule has 0 bridgehead atoms. The highest BCUT2D eigenvalue weighted by molar-refractivity contribution is 5.76. The number of hydrogen-bond donors (Lipinski definition) is 3. The molecule has 4 aromatic rings. The average molecular weight is 558 g/mol. The van der Waals surface area contributed by atoms with E-state index in [2.05, 4.69) is 55.7 Å². The van der Waals surface area contributed by atoms with Gasteiger partial charge < -0.3 is 30.3 Å². The molecule has 11 nitrogen and oxygen atoms in total. The van der Waals surface area contributed by atoms with E-state index in [0.29, 0.717) is 29.3 Å². The summed E-state index contributed by atoms with van der Waals surface area (Å²) in [5.74, 6) is 2.30. The van der Waals surface area contributed by atoms with Crippen LogP contribution in [0.4, 0.5) is 29.0 Å². The van der Waals surface area contributed by atoms with Crippen molar-refractivity contribution in [3.8, 4) is 17.0 Å². The van der Waals surface area contributed by atoms with Crippen LogP contribution < -0.4 is 20.3 Å². The second-order valence-electron chi connectivity index (χ2n) is 11.1. The van der Waals surface area contributed by atoms with Crippen LogP contribution in [0.3, 0.4) is 0 Å². The fourth-order valence-corrected chi connectivity index (χ4v) is 5.02. The zero-order valence-corrected chi connectivity index (χ0v) is 24.6. The molecule has 41 heavy (non-hydrogen) atoms. The molecule has 0 radical (unpaired) electrons. The minimum atomic E-state index is -1.08. The Morgan fingerprint density at radius 2 is 1.83 bits per heavy atom. The van der Waals surface area contributed by atoms with Crippen molar-refractivity contribution in [2.75, 3.05) is 49.8 Å². The van der Waals surface area contributed by atoms with Crippen molar-refractivity contribution in [1.29, 1.82) is 0 Å². The first-order valence-corrected chi connectivity index (χ1v) is 13.8. The monoisotopic (exact) mass is 557 g/mol. The second kappa shape index (κ2) is 11.7. The number of aromatic nitrogens is 5. The first kappa shape index (κ1) is 28.3. The number of pyridine rings is 1. The number of nitrogens with zero attached hydrogens (tertiary/aromatic N) is 7. The lowest BCUT2D eigenvalue weighted by Gasteiger charge is -2.37. The van der Waals surface area contributed by atoms with Crippen LogP contribution in [0.15, 0.2) is 54.9 Å². The normalized spacial score (nSPS) is 14.4. The largest absolute Gasteiger partial charge is 0.495 e. The van der Waals surface area contributed by atoms with Gasteiger partial charge in [0.25, 0.3) is 0 Å². The van der Waals surface area contributed by atoms with E-state index in [4.69, 9.17) is 9.72 Å². The van der Waals surface area contributed by atoms with E-state index < -0.39 is 5.60 Å². The zero-order chi connectivity index (χ0) is 29.1. The molecule has 0 aliphatic carbocycles. The van der Waals surface area contributed by atoms with E-state index in [1.807, 2.05) is 43.6 Å². The number of methoxy groups -OCH3 is 1. The second-order valence-corrected chi connectivity index (χ2v) is 11.1. The van der Waals surface area contributed by atoms with Crippen LogP contribution in [-0.4, -0.2) is 75.1 Å². The number of piperidine rings is 1. The van der Waals surface area contributed by atoms with Crippen molar-refractivity contribution in [2.24, 2.45) is 7.05 Å². The highest BCUT2D eigenvalue weighted by atomic mass is 16.5. The number of anilines is 5. The Morgan fingerprint density at radius 1 is 1.05 bits per heavy atom. The molecule has 1 fully saturated rings. The Balaban J connectivity index is 1.41. The van der Waals surface area contributed by atoms with Crippen molar-refractivity contribution < 1.29 is 9.84 Å². The Labute approximate surface area is 241 Å². The smallest absolute Gasteiger partial charge is 0.229 e. The van der Waals surface area contributed by atoms with Crippen molar-refractivity contribution in [3.05, 3.63) is 60.6 Å². The summed E-state index contributed by atoms with van der Waals surface area (Å²) < 4.78 is 7.52. The summed E-state index contributed by atoms with van der Waals surface area (Å²) in [6, 6.07) is 14.1. The van der Waals surface area contributed by atoms with Gasteiger partial charge in [0.15, 0.2) is 0 Å². The van der Waals surface area contributed by atoms with Crippen molar-refractivity contribution in [1.82, 2.24) is 29.6 Å². The van der Waals surface area contributed by atoms with Gasteiger partial charge >= 0.3 is 0 Å². The Kier molecular flexibility index (Phi) is 8.09. The number of aryl methyl sites for hydroxylation is 1. The summed E-state index contributed by atoms with van der Waals surface area (Å²) in [6.45, 7) is 5.39. The molecule has 0 amide bonds. The van der Waals surface area contributed by atoms with Gasteiger partial charge in [-0.05, 0) is 71.1 Å². The van der Waals surface area contributed by atoms with E-state index >= 15 is 0 Å². The molecule has 0 unspecified atom stereocenters. The molecule has 1 aliphatic heterocycles. The topological polar surface area (TPSA) is 116 Å². The van der Waals surface area contributed by atoms with Crippen LogP contribution in [0.5, 0.6) is 5.75 Å². The average Bonchev–Trinajstić information content (AvgIpc) is 3.38. The molecule has 0 atom stereocenters. The third-order valence-corrected chi connectivity index (χ3v) is 7.37. The number of hydrogen-bond acceptors (Lipinski definition) is 10. The molecule has 0 saturated carbocycles. The highest BCUT2D eigenvalue weighted by Gasteiger charge is 2.23. The maximum absolute atomic E-state index is 10.4.